The van der Waals surface area contributed by atoms with Crippen LogP contribution in [0.5, 0.6) is 0 Å². The van der Waals surface area contributed by atoms with Crippen molar-refractivity contribution in [2.75, 3.05) is 11.9 Å². The van der Waals surface area contributed by atoms with Crippen molar-refractivity contribution in [2.45, 2.75) is 13.0 Å². The van der Waals surface area contributed by atoms with Gasteiger partial charge in [0.1, 0.15) is 5.69 Å². The first kappa shape index (κ1) is 14.5. The fraction of sp³-hybridized carbons (Fsp3) is 0.188. The van der Waals surface area contributed by atoms with Gasteiger partial charge in [-0.05, 0) is 11.6 Å². The average molecular weight is 312 g/mol. The maximum absolute atomic E-state index is 12.1. The van der Waals surface area contributed by atoms with E-state index in [0.29, 0.717) is 12.2 Å². The Kier molecular flexibility index (Phi) is 4.60. The monoisotopic (exact) mass is 312 g/mol. The highest BCUT2D eigenvalue weighted by Gasteiger charge is 2.11. The molecular formula is C16H16N4OS. The summed E-state index contributed by atoms with van der Waals surface area (Å²) in [6, 6.07) is 9.81. The van der Waals surface area contributed by atoms with Crippen LogP contribution in [-0.2, 0) is 6.54 Å². The van der Waals surface area contributed by atoms with E-state index in [2.05, 4.69) is 20.6 Å². The van der Waals surface area contributed by atoms with Crippen LogP contribution < -0.4 is 10.6 Å². The van der Waals surface area contributed by atoms with E-state index in [1.807, 2.05) is 36.4 Å². The van der Waals surface area contributed by atoms with E-state index in [9.17, 15) is 4.79 Å². The van der Waals surface area contributed by atoms with Gasteiger partial charge in [0.2, 0.25) is 0 Å². The summed E-state index contributed by atoms with van der Waals surface area (Å²) in [6.45, 7) is 1.29. The Balaban J connectivity index is 1.57. The zero-order valence-corrected chi connectivity index (χ0v) is 12.8. The van der Waals surface area contributed by atoms with Crippen LogP contribution >= 0.6 is 11.3 Å². The van der Waals surface area contributed by atoms with E-state index in [0.717, 1.165) is 29.4 Å². The molecule has 3 rings (SSSR count). The number of anilines is 1. The minimum absolute atomic E-state index is 0.160. The molecule has 0 unspecified atom stereocenters. The van der Waals surface area contributed by atoms with Gasteiger partial charge in [-0.25, -0.2) is 4.98 Å². The molecule has 2 N–H and O–H groups in total. The Morgan fingerprint density at radius 1 is 1.27 bits per heavy atom. The molecule has 2 heterocycles. The highest BCUT2D eigenvalue weighted by molar-refractivity contribution is 7.13. The zero-order chi connectivity index (χ0) is 15.2. The normalized spacial score (nSPS) is 13.5. The molecule has 6 heteroatoms. The second kappa shape index (κ2) is 7.00. The number of nitrogens with one attached hydrogen (secondary N) is 2. The lowest BCUT2D eigenvalue weighted by Crippen LogP contribution is -2.23. The first-order chi connectivity index (χ1) is 10.8. The Bertz CT molecular complexity index is 706. The molecule has 1 aliphatic heterocycles. The molecular weight excluding hydrogens is 296 g/mol. The van der Waals surface area contributed by atoms with Crippen molar-refractivity contribution >= 4 is 28.6 Å². The van der Waals surface area contributed by atoms with Crippen LogP contribution in [0.2, 0.25) is 0 Å². The van der Waals surface area contributed by atoms with Crippen LogP contribution in [0.3, 0.4) is 0 Å². The summed E-state index contributed by atoms with van der Waals surface area (Å²) in [4.78, 5) is 20.6. The van der Waals surface area contributed by atoms with Gasteiger partial charge in [-0.1, -0.05) is 30.3 Å². The SMILES string of the molecule is O=C(NCc1ccccc1)c1csc(NC2=CC=NCC2)n1. The lowest BCUT2D eigenvalue weighted by atomic mass is 10.2. The number of aromatic nitrogens is 1. The van der Waals surface area contributed by atoms with Gasteiger partial charge in [0.15, 0.2) is 5.13 Å². The number of dihydropyridines is 1. The van der Waals surface area contributed by atoms with Crippen molar-refractivity contribution in [1.82, 2.24) is 10.3 Å². The summed E-state index contributed by atoms with van der Waals surface area (Å²) in [6.07, 6.45) is 4.58. The first-order valence-electron chi connectivity index (χ1n) is 7.05. The van der Waals surface area contributed by atoms with Crippen LogP contribution in [0.4, 0.5) is 5.13 Å². The number of allylic oxidation sites excluding steroid dienone is 1. The molecule has 112 valence electrons. The summed E-state index contributed by atoms with van der Waals surface area (Å²) in [5, 5.41) is 8.59. The summed E-state index contributed by atoms with van der Waals surface area (Å²) < 4.78 is 0. The second-order valence-electron chi connectivity index (χ2n) is 4.83. The molecule has 0 spiro atoms. The molecule has 0 bridgehead atoms. The van der Waals surface area contributed by atoms with E-state index in [4.69, 9.17) is 0 Å². The molecule has 0 saturated heterocycles. The smallest absolute Gasteiger partial charge is 0.271 e. The number of amides is 1. The number of benzene rings is 1. The van der Waals surface area contributed by atoms with Crippen LogP contribution in [0.1, 0.15) is 22.5 Å². The fourth-order valence-corrected chi connectivity index (χ4v) is 2.76. The van der Waals surface area contributed by atoms with Gasteiger partial charge in [-0.15, -0.1) is 11.3 Å². The summed E-state index contributed by atoms with van der Waals surface area (Å²) in [7, 11) is 0. The van der Waals surface area contributed by atoms with E-state index in [1.165, 1.54) is 11.3 Å². The molecule has 0 atom stereocenters. The highest BCUT2D eigenvalue weighted by Crippen LogP contribution is 2.19. The number of hydrogen-bond donors (Lipinski definition) is 2. The minimum Gasteiger partial charge on any atom is -0.347 e. The predicted octanol–water partition coefficient (Wildman–Crippen LogP) is 2.84. The lowest BCUT2D eigenvalue weighted by molar-refractivity contribution is 0.0946. The van der Waals surface area contributed by atoms with Crippen LogP contribution in [0.15, 0.2) is 52.5 Å². The van der Waals surface area contributed by atoms with Gasteiger partial charge in [0, 0.05) is 36.8 Å². The number of thiazole rings is 1. The van der Waals surface area contributed by atoms with Gasteiger partial charge in [-0.3, -0.25) is 9.79 Å². The third kappa shape index (κ3) is 3.79. The molecule has 0 aliphatic carbocycles. The maximum Gasteiger partial charge on any atom is 0.271 e. The van der Waals surface area contributed by atoms with E-state index < -0.39 is 0 Å². The molecule has 1 amide bonds. The van der Waals surface area contributed by atoms with Gasteiger partial charge >= 0.3 is 0 Å². The number of nitrogens with zero attached hydrogens (tertiary/aromatic N) is 2. The van der Waals surface area contributed by atoms with E-state index >= 15 is 0 Å². The average Bonchev–Trinajstić information content (AvgIpc) is 3.03. The second-order valence-corrected chi connectivity index (χ2v) is 5.69. The van der Waals surface area contributed by atoms with Gasteiger partial charge < -0.3 is 10.6 Å². The number of hydrogen-bond acceptors (Lipinski definition) is 5. The van der Waals surface area contributed by atoms with Gasteiger partial charge in [-0.2, -0.15) is 0 Å². The summed E-state index contributed by atoms with van der Waals surface area (Å²) >= 11 is 1.42. The molecule has 1 aromatic heterocycles. The van der Waals surface area contributed by atoms with Crippen LogP contribution in [-0.4, -0.2) is 23.7 Å². The summed E-state index contributed by atoms with van der Waals surface area (Å²) in [5.74, 6) is -0.160. The Hall–Kier alpha value is -2.47. The maximum atomic E-state index is 12.1. The van der Waals surface area contributed by atoms with E-state index in [-0.39, 0.29) is 5.91 Å². The quantitative estimate of drug-likeness (QED) is 0.892. The Morgan fingerprint density at radius 2 is 2.14 bits per heavy atom. The van der Waals surface area contributed by atoms with Crippen molar-refractivity contribution < 1.29 is 4.79 Å². The van der Waals surface area contributed by atoms with E-state index in [1.54, 1.807) is 11.6 Å². The molecule has 5 nitrogen and oxygen atoms in total. The van der Waals surface area contributed by atoms with Crippen molar-refractivity contribution in [1.29, 1.82) is 0 Å². The Morgan fingerprint density at radius 3 is 2.91 bits per heavy atom. The van der Waals surface area contributed by atoms with Crippen molar-refractivity contribution in [3.63, 3.8) is 0 Å². The number of rotatable bonds is 5. The topological polar surface area (TPSA) is 66.4 Å². The van der Waals surface area contributed by atoms with Crippen LogP contribution in [0.25, 0.3) is 0 Å². The molecule has 0 saturated carbocycles. The molecule has 0 radical (unpaired) electrons. The van der Waals surface area contributed by atoms with Gasteiger partial charge in [0.25, 0.3) is 5.91 Å². The van der Waals surface area contributed by atoms with Crippen molar-refractivity contribution in [3.8, 4) is 0 Å². The van der Waals surface area contributed by atoms with Gasteiger partial charge in [0.05, 0.1) is 0 Å². The fourth-order valence-electron chi connectivity index (χ4n) is 2.03. The molecule has 0 fully saturated rings. The largest absolute Gasteiger partial charge is 0.347 e. The zero-order valence-electron chi connectivity index (χ0n) is 12.0. The molecule has 2 aromatic rings. The number of carbonyl (C=O) groups is 1. The standard InChI is InChI=1S/C16H16N4OS/c21-15(18-10-12-4-2-1-3-5-12)14-11-22-16(20-14)19-13-6-8-17-9-7-13/h1-6,8,11H,7,9-10H2,(H,18,21)(H,19,20). The third-order valence-electron chi connectivity index (χ3n) is 3.19. The van der Waals surface area contributed by atoms with Crippen LogP contribution in [0, 0.1) is 0 Å². The highest BCUT2D eigenvalue weighted by atomic mass is 32.1. The predicted molar refractivity (Wildman–Crippen MR) is 89.4 cm³/mol. The minimum atomic E-state index is -0.160. The molecule has 1 aromatic carbocycles. The summed E-state index contributed by atoms with van der Waals surface area (Å²) in [5.41, 5.74) is 2.57. The first-order valence-corrected chi connectivity index (χ1v) is 7.93. The molecule has 1 aliphatic rings. The molecule has 22 heavy (non-hydrogen) atoms. The van der Waals surface area contributed by atoms with Crippen molar-refractivity contribution in [3.05, 3.63) is 58.7 Å². The lowest BCUT2D eigenvalue weighted by Gasteiger charge is -2.08. The van der Waals surface area contributed by atoms with Crippen molar-refractivity contribution in [2.24, 2.45) is 4.99 Å². The third-order valence-corrected chi connectivity index (χ3v) is 3.95. The Labute approximate surface area is 132 Å². The number of aliphatic imine (C=N–C) groups is 1. The number of carbonyl (C=O) groups excluding carboxylic acids is 1.